The minimum Gasteiger partial charge on any atom is -0.0683 e. The average Bonchev–Trinajstić information content (AvgIpc) is 3.01. The zero-order chi connectivity index (χ0) is 11.1. The van der Waals surface area contributed by atoms with Gasteiger partial charge in [0.25, 0.3) is 0 Å². The quantitative estimate of drug-likeness (QED) is 0.453. The van der Waals surface area contributed by atoms with E-state index in [0.717, 1.165) is 0 Å². The predicted molar refractivity (Wildman–Crippen MR) is 68.9 cm³/mol. The fourth-order valence-corrected chi connectivity index (χ4v) is 1.77. The number of rotatable bonds is 0. The van der Waals surface area contributed by atoms with E-state index in [4.69, 9.17) is 0 Å². The van der Waals surface area contributed by atoms with Gasteiger partial charge < -0.3 is 0 Å². The second-order valence-electron chi connectivity index (χ2n) is 3.54. The van der Waals surface area contributed by atoms with Crippen LogP contribution in [0.25, 0.3) is 0 Å². The van der Waals surface area contributed by atoms with Crippen LogP contribution < -0.4 is 0 Å². The van der Waals surface area contributed by atoms with Crippen LogP contribution in [-0.4, -0.2) is 0 Å². The molecule has 14 heavy (non-hydrogen) atoms. The monoisotopic (exact) mass is 200 g/mol. The Balaban J connectivity index is 0. The van der Waals surface area contributed by atoms with Gasteiger partial charge in [-0.15, -0.1) is 0 Å². The molecular formula is C14H32. The topological polar surface area (TPSA) is 0 Å². The van der Waals surface area contributed by atoms with Crippen LogP contribution in [0.5, 0.6) is 0 Å². The highest BCUT2D eigenvalue weighted by molar-refractivity contribution is 4.51. The fourth-order valence-electron chi connectivity index (χ4n) is 1.77. The highest BCUT2D eigenvalue weighted by Gasteiger charge is 1.95. The van der Waals surface area contributed by atoms with Gasteiger partial charge in [0.2, 0.25) is 0 Å². The Hall–Kier alpha value is 0. The van der Waals surface area contributed by atoms with Gasteiger partial charge in [-0.2, -0.15) is 0 Å². The van der Waals surface area contributed by atoms with Crippen LogP contribution in [-0.2, 0) is 0 Å². The van der Waals surface area contributed by atoms with Gasteiger partial charge in [-0.05, 0) is 0 Å². The molecule has 0 heterocycles. The van der Waals surface area contributed by atoms with Gasteiger partial charge in [0, 0.05) is 0 Å². The van der Waals surface area contributed by atoms with E-state index in [9.17, 15) is 0 Å². The maximum atomic E-state index is 2.00. The first-order valence-electron chi connectivity index (χ1n) is 7.00. The molecule has 0 saturated heterocycles. The van der Waals surface area contributed by atoms with E-state index in [2.05, 4.69) is 0 Å². The molecule has 0 amide bonds. The normalized spacial score (nSPS) is 18.0. The lowest BCUT2D eigenvalue weighted by atomic mass is 10.4. The zero-order valence-electron chi connectivity index (χ0n) is 11.1. The van der Waals surface area contributed by atoms with E-state index in [1.807, 2.05) is 27.7 Å². The van der Waals surface area contributed by atoms with E-state index < -0.39 is 0 Å². The Morgan fingerprint density at radius 3 is 0.429 bits per heavy atom. The Kier molecular flexibility index (Phi) is 22.0. The molecule has 0 aromatic heterocycles. The van der Waals surface area contributed by atoms with Crippen LogP contribution in [0.1, 0.15) is 91.9 Å². The highest BCUT2D eigenvalue weighted by Crippen LogP contribution is 2.15. The van der Waals surface area contributed by atoms with Crippen molar-refractivity contribution in [1.82, 2.24) is 0 Å². The van der Waals surface area contributed by atoms with Crippen LogP contribution in [0.15, 0.2) is 0 Å². The summed E-state index contributed by atoms with van der Waals surface area (Å²) in [6, 6.07) is 0. The minimum absolute atomic E-state index is 1.50. The molecule has 0 aromatic carbocycles. The third-order valence-corrected chi connectivity index (χ3v) is 2.50. The zero-order valence-corrected chi connectivity index (χ0v) is 11.1. The van der Waals surface area contributed by atoms with E-state index in [-0.39, 0.29) is 0 Å². The van der Waals surface area contributed by atoms with Crippen molar-refractivity contribution in [3.63, 3.8) is 0 Å². The largest absolute Gasteiger partial charge is 0.0683 e. The first-order valence-corrected chi connectivity index (χ1v) is 7.00. The first kappa shape index (κ1) is 16.4. The van der Waals surface area contributed by atoms with Crippen molar-refractivity contribution < 1.29 is 0 Å². The molecule has 0 heteroatoms. The molecule has 2 aliphatic carbocycles. The van der Waals surface area contributed by atoms with Crippen LogP contribution in [0.4, 0.5) is 0 Å². The Labute approximate surface area is 92.5 Å². The summed E-state index contributed by atoms with van der Waals surface area (Å²) in [4.78, 5) is 0. The lowest BCUT2D eigenvalue weighted by Gasteiger charge is -1.67. The molecule has 0 bridgehead atoms. The van der Waals surface area contributed by atoms with E-state index in [1.165, 1.54) is 64.2 Å². The van der Waals surface area contributed by atoms with E-state index in [0.29, 0.717) is 0 Å². The van der Waals surface area contributed by atoms with Crippen LogP contribution in [0, 0.1) is 0 Å². The summed E-state index contributed by atoms with van der Waals surface area (Å²) in [5, 5.41) is 0. The summed E-state index contributed by atoms with van der Waals surface area (Å²) < 4.78 is 0. The average molecular weight is 200 g/mol. The minimum atomic E-state index is 1.50. The standard InChI is InChI=1S/2C5H10.2C2H6/c2*1-2-4-5-3-1;2*1-2/h2*1-5H2;2*1-2H3. The second-order valence-corrected chi connectivity index (χ2v) is 3.54. The maximum absolute atomic E-state index is 2.00. The Bertz CT molecular complexity index is 33.2. The van der Waals surface area contributed by atoms with Crippen LogP contribution in [0.3, 0.4) is 0 Å². The Morgan fingerprint density at radius 2 is 0.357 bits per heavy atom. The smallest absolute Gasteiger partial charge is 0.0533 e. The van der Waals surface area contributed by atoms with Gasteiger partial charge in [-0.1, -0.05) is 91.9 Å². The van der Waals surface area contributed by atoms with Gasteiger partial charge in [-0.25, -0.2) is 0 Å². The van der Waals surface area contributed by atoms with Gasteiger partial charge in [0.05, 0.1) is 0 Å². The van der Waals surface area contributed by atoms with Gasteiger partial charge in [-0.3, -0.25) is 0 Å². The summed E-state index contributed by atoms with van der Waals surface area (Å²) in [7, 11) is 0. The van der Waals surface area contributed by atoms with Gasteiger partial charge in [0.1, 0.15) is 0 Å². The molecule has 0 nitrogen and oxygen atoms in total. The molecule has 2 aliphatic rings. The molecule has 0 spiro atoms. The SMILES string of the molecule is C1CCCC1.C1CCCC1.CC.CC. The molecule has 0 aliphatic heterocycles. The molecular weight excluding hydrogens is 168 g/mol. The lowest BCUT2D eigenvalue weighted by Crippen LogP contribution is -1.47. The first-order chi connectivity index (χ1) is 7.00. The fraction of sp³-hybridized carbons (Fsp3) is 1.00. The molecule has 0 N–H and O–H groups in total. The lowest BCUT2D eigenvalue weighted by molar-refractivity contribution is 0.886. The summed E-state index contributed by atoms with van der Waals surface area (Å²) in [5.74, 6) is 0. The number of hydrogen-bond acceptors (Lipinski definition) is 0. The maximum Gasteiger partial charge on any atom is -0.0533 e. The molecule has 0 atom stereocenters. The van der Waals surface area contributed by atoms with Gasteiger partial charge >= 0.3 is 0 Å². The highest BCUT2D eigenvalue weighted by atomic mass is 14.0. The third-order valence-electron chi connectivity index (χ3n) is 2.50. The van der Waals surface area contributed by atoms with Crippen molar-refractivity contribution in [2.24, 2.45) is 0 Å². The van der Waals surface area contributed by atoms with Crippen LogP contribution >= 0.6 is 0 Å². The van der Waals surface area contributed by atoms with E-state index >= 15 is 0 Å². The van der Waals surface area contributed by atoms with Gasteiger partial charge in [0.15, 0.2) is 0 Å². The Morgan fingerprint density at radius 1 is 0.286 bits per heavy atom. The molecule has 0 radical (unpaired) electrons. The van der Waals surface area contributed by atoms with Crippen molar-refractivity contribution in [3.05, 3.63) is 0 Å². The molecule has 0 aromatic rings. The summed E-state index contributed by atoms with van der Waals surface area (Å²) >= 11 is 0. The number of hydrogen-bond donors (Lipinski definition) is 0. The second kappa shape index (κ2) is 18.7. The van der Waals surface area contributed by atoms with E-state index in [1.54, 1.807) is 0 Å². The van der Waals surface area contributed by atoms with Crippen molar-refractivity contribution in [2.45, 2.75) is 91.9 Å². The summed E-state index contributed by atoms with van der Waals surface area (Å²) in [6.07, 6.45) is 15.0. The molecule has 2 rings (SSSR count). The molecule has 2 fully saturated rings. The van der Waals surface area contributed by atoms with Crippen molar-refractivity contribution in [3.8, 4) is 0 Å². The predicted octanol–water partition coefficient (Wildman–Crippen LogP) is 5.95. The van der Waals surface area contributed by atoms with Crippen LogP contribution in [0.2, 0.25) is 0 Å². The third kappa shape index (κ3) is 14.5. The van der Waals surface area contributed by atoms with Crippen molar-refractivity contribution in [2.75, 3.05) is 0 Å². The molecule has 88 valence electrons. The summed E-state index contributed by atoms with van der Waals surface area (Å²) in [5.41, 5.74) is 0. The molecule has 2 saturated carbocycles. The molecule has 0 unspecified atom stereocenters. The van der Waals surface area contributed by atoms with Crippen molar-refractivity contribution >= 4 is 0 Å². The van der Waals surface area contributed by atoms with Crippen molar-refractivity contribution in [1.29, 1.82) is 0 Å². The summed E-state index contributed by atoms with van der Waals surface area (Å²) in [6.45, 7) is 8.00.